The first-order valence-electron chi connectivity index (χ1n) is 5.02. The number of Topliss-reactive ketones (excluding diaryl/α,β-unsaturated/α-hetero) is 1. The van der Waals surface area contributed by atoms with E-state index in [9.17, 15) is 4.79 Å². The summed E-state index contributed by atoms with van der Waals surface area (Å²) in [6.07, 6.45) is 0.447. The number of carbonyl (C=O) groups is 1. The first kappa shape index (κ1) is 9.90. The number of oxime groups is 1. The van der Waals surface area contributed by atoms with Crippen molar-refractivity contribution < 1.29 is 10.0 Å². The van der Waals surface area contributed by atoms with Crippen molar-refractivity contribution in [1.29, 1.82) is 0 Å². The third-order valence-electron chi connectivity index (χ3n) is 2.79. The van der Waals surface area contributed by atoms with Crippen LogP contribution in [0.3, 0.4) is 0 Å². The molecule has 3 heteroatoms. The molecule has 0 bridgehead atoms. The molecule has 15 heavy (non-hydrogen) atoms. The van der Waals surface area contributed by atoms with Crippen LogP contribution in [-0.2, 0) is 6.42 Å². The minimum absolute atomic E-state index is 0.144. The fourth-order valence-electron chi connectivity index (χ4n) is 1.82. The van der Waals surface area contributed by atoms with E-state index < -0.39 is 0 Å². The summed E-state index contributed by atoms with van der Waals surface area (Å²) in [7, 11) is 0. The predicted molar refractivity (Wildman–Crippen MR) is 57.8 cm³/mol. The van der Waals surface area contributed by atoms with E-state index in [-0.39, 0.29) is 11.5 Å². The largest absolute Gasteiger partial charge is 0.411 e. The molecule has 0 spiro atoms. The molecule has 1 aliphatic rings. The van der Waals surface area contributed by atoms with E-state index in [1.54, 1.807) is 0 Å². The average Bonchev–Trinajstić information content (AvgIpc) is 2.55. The molecule has 1 aromatic rings. The quantitative estimate of drug-likeness (QED) is 0.562. The number of ketones is 1. The Morgan fingerprint density at radius 3 is 2.73 bits per heavy atom. The van der Waals surface area contributed by atoms with Crippen molar-refractivity contribution in [2.75, 3.05) is 0 Å². The van der Waals surface area contributed by atoms with E-state index in [1.165, 1.54) is 0 Å². The van der Waals surface area contributed by atoms with Crippen LogP contribution in [0.5, 0.6) is 0 Å². The second-order valence-corrected chi connectivity index (χ2v) is 4.12. The van der Waals surface area contributed by atoms with Gasteiger partial charge in [0.25, 0.3) is 0 Å². The van der Waals surface area contributed by atoms with Gasteiger partial charge in [-0.2, -0.15) is 0 Å². The zero-order valence-electron chi connectivity index (χ0n) is 8.82. The van der Waals surface area contributed by atoms with Crippen LogP contribution in [0.2, 0.25) is 0 Å². The standard InChI is InChI=1S/C12H13NO2/c1-7(2)8-3-4-9-6-11(13-15)12(14)10(9)5-8/h3-5,7,15H,6H2,1-2H3/b13-11-. The number of fused-ring (bicyclic) bond motifs is 1. The van der Waals surface area contributed by atoms with Gasteiger partial charge in [0.15, 0.2) is 0 Å². The van der Waals surface area contributed by atoms with E-state index in [0.717, 1.165) is 11.1 Å². The van der Waals surface area contributed by atoms with Crippen molar-refractivity contribution in [2.24, 2.45) is 5.16 Å². The van der Waals surface area contributed by atoms with Gasteiger partial charge in [0.05, 0.1) is 0 Å². The van der Waals surface area contributed by atoms with Gasteiger partial charge < -0.3 is 5.21 Å². The molecule has 0 unspecified atom stereocenters. The average molecular weight is 203 g/mol. The normalized spacial score (nSPS) is 17.5. The maximum absolute atomic E-state index is 11.7. The number of hydrogen-bond donors (Lipinski definition) is 1. The molecule has 0 radical (unpaired) electrons. The van der Waals surface area contributed by atoms with Crippen LogP contribution < -0.4 is 0 Å². The lowest BCUT2D eigenvalue weighted by Crippen LogP contribution is -2.07. The molecule has 0 saturated heterocycles. The summed E-state index contributed by atoms with van der Waals surface area (Å²) in [5.41, 5.74) is 3.03. The fourth-order valence-corrected chi connectivity index (χ4v) is 1.82. The molecular weight excluding hydrogens is 190 g/mol. The van der Waals surface area contributed by atoms with Crippen LogP contribution in [0, 0.1) is 0 Å². The van der Waals surface area contributed by atoms with Gasteiger partial charge in [0.2, 0.25) is 5.78 Å². The SMILES string of the molecule is CC(C)c1ccc2c(c1)C(=O)/C(=N\O)C2. The summed E-state index contributed by atoms with van der Waals surface area (Å²) in [6, 6.07) is 5.87. The van der Waals surface area contributed by atoms with Crippen molar-refractivity contribution >= 4 is 11.5 Å². The predicted octanol–water partition coefficient (Wildman–Crippen LogP) is 2.38. The highest BCUT2D eigenvalue weighted by Gasteiger charge is 2.27. The topological polar surface area (TPSA) is 49.7 Å². The lowest BCUT2D eigenvalue weighted by molar-refractivity contribution is 0.106. The Labute approximate surface area is 88.4 Å². The van der Waals surface area contributed by atoms with Crippen molar-refractivity contribution in [2.45, 2.75) is 26.2 Å². The molecule has 1 aromatic carbocycles. The van der Waals surface area contributed by atoms with Gasteiger partial charge in [0.1, 0.15) is 5.71 Å². The van der Waals surface area contributed by atoms with Crippen LogP contribution in [0.25, 0.3) is 0 Å². The Kier molecular flexibility index (Phi) is 2.31. The maximum Gasteiger partial charge on any atom is 0.211 e. The number of benzene rings is 1. The molecule has 1 aliphatic carbocycles. The van der Waals surface area contributed by atoms with Crippen LogP contribution >= 0.6 is 0 Å². The second-order valence-electron chi connectivity index (χ2n) is 4.12. The van der Waals surface area contributed by atoms with Crippen LogP contribution in [0.4, 0.5) is 0 Å². The summed E-state index contributed by atoms with van der Waals surface area (Å²) in [5, 5.41) is 11.7. The maximum atomic E-state index is 11.7. The number of carbonyl (C=O) groups excluding carboxylic acids is 1. The van der Waals surface area contributed by atoms with Gasteiger partial charge in [0, 0.05) is 12.0 Å². The van der Waals surface area contributed by atoms with E-state index in [4.69, 9.17) is 5.21 Å². The minimum Gasteiger partial charge on any atom is -0.411 e. The van der Waals surface area contributed by atoms with Gasteiger partial charge in [-0.1, -0.05) is 31.1 Å². The highest BCUT2D eigenvalue weighted by Crippen LogP contribution is 2.24. The van der Waals surface area contributed by atoms with Gasteiger partial charge in [-0.25, -0.2) is 0 Å². The van der Waals surface area contributed by atoms with E-state index in [0.29, 0.717) is 17.9 Å². The summed E-state index contributed by atoms with van der Waals surface area (Å²) in [6.45, 7) is 4.17. The summed E-state index contributed by atoms with van der Waals surface area (Å²) < 4.78 is 0. The molecule has 0 atom stereocenters. The van der Waals surface area contributed by atoms with Gasteiger partial charge in [-0.15, -0.1) is 0 Å². The summed E-state index contributed by atoms with van der Waals surface area (Å²) in [5.74, 6) is 0.258. The highest BCUT2D eigenvalue weighted by molar-refractivity contribution is 6.49. The molecule has 2 rings (SSSR count). The van der Waals surface area contributed by atoms with Crippen molar-refractivity contribution in [1.82, 2.24) is 0 Å². The first-order valence-corrected chi connectivity index (χ1v) is 5.02. The molecule has 3 nitrogen and oxygen atoms in total. The molecule has 0 heterocycles. The smallest absolute Gasteiger partial charge is 0.211 e. The lowest BCUT2D eigenvalue weighted by Gasteiger charge is -2.06. The Morgan fingerprint density at radius 1 is 1.40 bits per heavy atom. The molecular formula is C12H13NO2. The van der Waals surface area contributed by atoms with Gasteiger partial charge >= 0.3 is 0 Å². The second kappa shape index (κ2) is 3.50. The zero-order valence-corrected chi connectivity index (χ0v) is 8.82. The van der Waals surface area contributed by atoms with Crippen LogP contribution in [0.15, 0.2) is 23.4 Å². The molecule has 78 valence electrons. The molecule has 0 saturated carbocycles. The Balaban J connectivity index is 2.49. The third-order valence-corrected chi connectivity index (χ3v) is 2.79. The molecule has 1 N–H and O–H groups in total. The fraction of sp³-hybridized carbons (Fsp3) is 0.333. The first-order chi connectivity index (χ1) is 7.13. The zero-order chi connectivity index (χ0) is 11.0. The van der Waals surface area contributed by atoms with Gasteiger partial charge in [-0.3, -0.25) is 4.79 Å². The monoisotopic (exact) mass is 203 g/mol. The number of rotatable bonds is 1. The third kappa shape index (κ3) is 1.54. The number of hydrogen-bond acceptors (Lipinski definition) is 3. The summed E-state index contributed by atoms with van der Waals surface area (Å²) >= 11 is 0. The van der Waals surface area contributed by atoms with Gasteiger partial charge in [-0.05, 0) is 23.1 Å². The summed E-state index contributed by atoms with van der Waals surface area (Å²) in [4.78, 5) is 11.7. The van der Waals surface area contributed by atoms with E-state index >= 15 is 0 Å². The van der Waals surface area contributed by atoms with E-state index in [1.807, 2.05) is 18.2 Å². The van der Waals surface area contributed by atoms with Crippen molar-refractivity contribution in [3.05, 3.63) is 34.9 Å². The minimum atomic E-state index is -0.144. The van der Waals surface area contributed by atoms with Crippen LogP contribution in [-0.4, -0.2) is 16.7 Å². The Bertz CT molecular complexity index is 447. The number of nitrogens with zero attached hydrogens (tertiary/aromatic N) is 1. The Hall–Kier alpha value is -1.64. The molecule has 0 aromatic heterocycles. The highest BCUT2D eigenvalue weighted by atomic mass is 16.4. The lowest BCUT2D eigenvalue weighted by atomic mass is 9.98. The van der Waals surface area contributed by atoms with E-state index in [2.05, 4.69) is 19.0 Å². The molecule has 0 amide bonds. The van der Waals surface area contributed by atoms with Crippen molar-refractivity contribution in [3.8, 4) is 0 Å². The van der Waals surface area contributed by atoms with Crippen LogP contribution in [0.1, 0.15) is 41.3 Å². The van der Waals surface area contributed by atoms with Crippen molar-refractivity contribution in [3.63, 3.8) is 0 Å². The Morgan fingerprint density at radius 2 is 2.13 bits per heavy atom. The molecule has 0 aliphatic heterocycles. The molecule has 0 fully saturated rings.